The molecule has 1 aromatic rings. The Morgan fingerprint density at radius 3 is 2.48 bits per heavy atom. The first-order valence-electron chi connectivity index (χ1n) is 7.96. The van der Waals surface area contributed by atoms with Gasteiger partial charge in [-0.05, 0) is 24.8 Å². The topological polar surface area (TPSA) is 105 Å². The number of benzene rings is 1. The normalized spacial score (nSPS) is 11.3. The van der Waals surface area contributed by atoms with Gasteiger partial charge in [-0.25, -0.2) is 14.7 Å². The third kappa shape index (κ3) is 8.16. The summed E-state index contributed by atoms with van der Waals surface area (Å²) in [5, 5.41) is 12.3. The minimum atomic E-state index is -0.849. The smallest absolute Gasteiger partial charge is 0.408 e. The highest BCUT2D eigenvalue weighted by molar-refractivity contribution is 5.81. The number of amides is 2. The number of unbranched alkanes of at least 4 members (excludes halogenated alkanes) is 1. The first kappa shape index (κ1) is 20.4. The van der Waals surface area contributed by atoms with Crippen molar-refractivity contribution in [1.29, 1.82) is 0 Å². The van der Waals surface area contributed by atoms with E-state index in [-0.39, 0.29) is 13.2 Å². The first-order valence-corrected chi connectivity index (χ1v) is 7.96. The van der Waals surface area contributed by atoms with Crippen LogP contribution in [0.4, 0.5) is 4.79 Å². The predicted molar refractivity (Wildman–Crippen MR) is 88.6 cm³/mol. The quantitative estimate of drug-likeness (QED) is 0.304. The standard InChI is InChI=1S/C17H24N2O6/c1-13(20)19(23)11-7-6-10-15(16(21)24-2)18-17(22)25-12-14-8-4-3-5-9-14/h3-5,8-9,15,23H,6-7,10-12H2,1-2H3,(H,18,22)/t15-/m0/s1. The van der Waals surface area contributed by atoms with Crippen LogP contribution < -0.4 is 5.32 Å². The second-order valence-electron chi connectivity index (χ2n) is 5.42. The van der Waals surface area contributed by atoms with Crippen molar-refractivity contribution in [3.05, 3.63) is 35.9 Å². The molecular formula is C17H24N2O6. The van der Waals surface area contributed by atoms with Crippen LogP contribution in [-0.2, 0) is 25.7 Å². The van der Waals surface area contributed by atoms with E-state index in [2.05, 4.69) is 10.1 Å². The average molecular weight is 352 g/mol. The van der Waals surface area contributed by atoms with Crippen molar-refractivity contribution >= 4 is 18.0 Å². The van der Waals surface area contributed by atoms with Crippen molar-refractivity contribution in [2.45, 2.75) is 38.8 Å². The van der Waals surface area contributed by atoms with Gasteiger partial charge in [0.1, 0.15) is 12.6 Å². The summed E-state index contributed by atoms with van der Waals surface area (Å²) in [4.78, 5) is 34.5. The number of hydrogen-bond acceptors (Lipinski definition) is 6. The van der Waals surface area contributed by atoms with Crippen LogP contribution in [0.5, 0.6) is 0 Å². The highest BCUT2D eigenvalue weighted by Crippen LogP contribution is 2.06. The lowest BCUT2D eigenvalue weighted by atomic mass is 10.1. The monoisotopic (exact) mass is 352 g/mol. The number of esters is 1. The van der Waals surface area contributed by atoms with Gasteiger partial charge in [0.2, 0.25) is 5.91 Å². The summed E-state index contributed by atoms with van der Waals surface area (Å²) in [7, 11) is 1.23. The molecule has 8 heteroatoms. The molecule has 0 saturated heterocycles. The summed E-state index contributed by atoms with van der Waals surface area (Å²) in [5.74, 6) is -1.03. The van der Waals surface area contributed by atoms with Crippen LogP contribution in [0.25, 0.3) is 0 Å². The Balaban J connectivity index is 2.40. The number of carbonyl (C=O) groups excluding carboxylic acids is 3. The fourth-order valence-corrected chi connectivity index (χ4v) is 2.07. The van der Waals surface area contributed by atoms with Gasteiger partial charge in [-0.15, -0.1) is 0 Å². The lowest BCUT2D eigenvalue weighted by Gasteiger charge is -2.17. The molecule has 0 aliphatic heterocycles. The Morgan fingerprint density at radius 2 is 1.88 bits per heavy atom. The Hall–Kier alpha value is -2.61. The van der Waals surface area contributed by atoms with Gasteiger partial charge in [-0.2, -0.15) is 0 Å². The number of carbonyl (C=O) groups is 3. The summed E-state index contributed by atoms with van der Waals surface area (Å²) in [6.45, 7) is 1.50. The number of ether oxygens (including phenoxy) is 2. The molecule has 0 radical (unpaired) electrons. The summed E-state index contributed by atoms with van der Waals surface area (Å²) < 4.78 is 9.75. The lowest BCUT2D eigenvalue weighted by molar-refractivity contribution is -0.162. The number of methoxy groups -OCH3 is 1. The van der Waals surface area contributed by atoms with E-state index in [0.717, 1.165) is 5.56 Å². The van der Waals surface area contributed by atoms with E-state index >= 15 is 0 Å². The zero-order valence-electron chi connectivity index (χ0n) is 14.4. The molecule has 0 saturated carbocycles. The minimum Gasteiger partial charge on any atom is -0.467 e. The maximum atomic E-state index is 11.8. The van der Waals surface area contributed by atoms with Crippen LogP contribution in [-0.4, -0.2) is 47.9 Å². The molecule has 138 valence electrons. The molecule has 2 N–H and O–H groups in total. The van der Waals surface area contributed by atoms with Gasteiger partial charge in [0.15, 0.2) is 0 Å². The van der Waals surface area contributed by atoms with Crippen molar-refractivity contribution in [1.82, 2.24) is 10.4 Å². The van der Waals surface area contributed by atoms with Gasteiger partial charge in [0.05, 0.1) is 7.11 Å². The summed E-state index contributed by atoms with van der Waals surface area (Å²) in [6, 6.07) is 8.31. The Morgan fingerprint density at radius 1 is 1.20 bits per heavy atom. The van der Waals surface area contributed by atoms with Crippen LogP contribution in [0.2, 0.25) is 0 Å². The number of nitrogens with one attached hydrogen (secondary N) is 1. The fraction of sp³-hybridized carbons (Fsp3) is 0.471. The van der Waals surface area contributed by atoms with Gasteiger partial charge in [0.25, 0.3) is 0 Å². The maximum Gasteiger partial charge on any atom is 0.408 e. The largest absolute Gasteiger partial charge is 0.467 e. The molecule has 0 aromatic heterocycles. The number of alkyl carbamates (subject to hydrolysis) is 1. The van der Waals surface area contributed by atoms with Gasteiger partial charge in [-0.3, -0.25) is 10.0 Å². The lowest BCUT2D eigenvalue weighted by Crippen LogP contribution is -2.41. The Bertz CT molecular complexity index is 564. The van der Waals surface area contributed by atoms with Crippen molar-refractivity contribution in [3.8, 4) is 0 Å². The van der Waals surface area contributed by atoms with Gasteiger partial charge in [-0.1, -0.05) is 30.3 Å². The SMILES string of the molecule is COC(=O)[C@H](CCCCN(O)C(C)=O)NC(=O)OCc1ccccc1. The highest BCUT2D eigenvalue weighted by Gasteiger charge is 2.22. The summed E-state index contributed by atoms with van der Waals surface area (Å²) in [5.41, 5.74) is 0.833. The van der Waals surface area contributed by atoms with E-state index in [9.17, 15) is 19.6 Å². The molecule has 0 bridgehead atoms. The predicted octanol–water partition coefficient (Wildman–Crippen LogP) is 1.86. The number of hydrogen-bond donors (Lipinski definition) is 2. The number of hydroxylamine groups is 2. The second-order valence-corrected chi connectivity index (χ2v) is 5.42. The first-order chi connectivity index (χ1) is 11.9. The zero-order valence-corrected chi connectivity index (χ0v) is 14.4. The minimum absolute atomic E-state index is 0.0959. The Kier molecular flexibility index (Phi) is 9.02. The van der Waals surface area contributed by atoms with Gasteiger partial charge in [0, 0.05) is 13.5 Å². The number of rotatable bonds is 9. The summed E-state index contributed by atoms with van der Waals surface area (Å²) >= 11 is 0. The molecule has 2 amide bonds. The van der Waals surface area contributed by atoms with Gasteiger partial charge >= 0.3 is 12.1 Å². The molecule has 8 nitrogen and oxygen atoms in total. The van der Waals surface area contributed by atoms with Gasteiger partial charge < -0.3 is 14.8 Å². The van der Waals surface area contributed by atoms with Crippen LogP contribution >= 0.6 is 0 Å². The maximum absolute atomic E-state index is 11.8. The van der Waals surface area contributed by atoms with E-state index in [1.54, 1.807) is 0 Å². The van der Waals surface area contributed by atoms with E-state index in [0.29, 0.717) is 24.3 Å². The van der Waals surface area contributed by atoms with Crippen molar-refractivity contribution in [2.75, 3.05) is 13.7 Å². The van der Waals surface area contributed by atoms with E-state index in [1.165, 1.54) is 14.0 Å². The molecule has 0 spiro atoms. The number of nitrogens with zero attached hydrogens (tertiary/aromatic N) is 1. The van der Waals surface area contributed by atoms with Crippen molar-refractivity contribution < 1.29 is 29.1 Å². The molecule has 1 aromatic carbocycles. The fourth-order valence-electron chi connectivity index (χ4n) is 2.07. The molecule has 1 rings (SSSR count). The third-order valence-corrected chi connectivity index (χ3v) is 3.47. The average Bonchev–Trinajstić information content (AvgIpc) is 2.62. The zero-order chi connectivity index (χ0) is 18.7. The van der Waals surface area contributed by atoms with E-state index in [1.807, 2.05) is 30.3 Å². The molecule has 0 fully saturated rings. The molecule has 1 atom stereocenters. The van der Waals surface area contributed by atoms with Crippen LogP contribution in [0.1, 0.15) is 31.7 Å². The molecule has 0 heterocycles. The van der Waals surface area contributed by atoms with Crippen LogP contribution in [0.3, 0.4) is 0 Å². The molecule has 0 aliphatic carbocycles. The third-order valence-electron chi connectivity index (χ3n) is 3.47. The molecule has 0 aliphatic rings. The highest BCUT2D eigenvalue weighted by atomic mass is 16.6. The van der Waals surface area contributed by atoms with Crippen LogP contribution in [0.15, 0.2) is 30.3 Å². The Labute approximate surface area is 146 Å². The van der Waals surface area contributed by atoms with Crippen LogP contribution in [0, 0.1) is 0 Å². The van der Waals surface area contributed by atoms with Crippen molar-refractivity contribution in [2.24, 2.45) is 0 Å². The second kappa shape index (κ2) is 11.0. The summed E-state index contributed by atoms with van der Waals surface area (Å²) in [6.07, 6.45) is 0.568. The van der Waals surface area contributed by atoms with Crippen molar-refractivity contribution in [3.63, 3.8) is 0 Å². The molecular weight excluding hydrogens is 328 g/mol. The molecule has 0 unspecified atom stereocenters. The van der Waals surface area contributed by atoms with E-state index < -0.39 is 24.0 Å². The molecule has 25 heavy (non-hydrogen) atoms. The van der Waals surface area contributed by atoms with E-state index in [4.69, 9.17) is 4.74 Å².